The van der Waals surface area contributed by atoms with Crippen LogP contribution in [0.2, 0.25) is 0 Å². The highest BCUT2D eigenvalue weighted by Crippen LogP contribution is 2.27. The number of rotatable bonds is 5. The van der Waals surface area contributed by atoms with Crippen molar-refractivity contribution < 1.29 is 14.3 Å². The lowest BCUT2D eigenvalue weighted by molar-refractivity contribution is -0.144. The number of hydrogen-bond acceptors (Lipinski definition) is 3. The van der Waals surface area contributed by atoms with E-state index in [9.17, 15) is 9.59 Å². The van der Waals surface area contributed by atoms with Crippen LogP contribution in [0.15, 0.2) is 18.2 Å². The van der Waals surface area contributed by atoms with Gasteiger partial charge >= 0.3 is 5.97 Å². The molecule has 0 spiro atoms. The van der Waals surface area contributed by atoms with E-state index in [0.717, 1.165) is 12.0 Å². The van der Waals surface area contributed by atoms with E-state index < -0.39 is 11.4 Å². The van der Waals surface area contributed by atoms with E-state index in [4.69, 9.17) is 0 Å². The van der Waals surface area contributed by atoms with Gasteiger partial charge in [0.25, 0.3) is 0 Å². The number of ether oxygens (including phenoxy) is 1. The largest absolute Gasteiger partial charge is 0.469 e. The van der Waals surface area contributed by atoms with Gasteiger partial charge in [0.1, 0.15) is 6.42 Å². The number of benzene rings is 1. The van der Waals surface area contributed by atoms with Crippen LogP contribution in [0.4, 0.5) is 0 Å². The van der Waals surface area contributed by atoms with Crippen LogP contribution in [0.1, 0.15) is 43.9 Å². The second kappa shape index (κ2) is 6.00. The first-order chi connectivity index (χ1) is 8.82. The SMILES string of the molecule is CCc1ccc(C(C)(C)C(=O)CC(=O)OC)cc1C. The smallest absolute Gasteiger partial charge is 0.313 e. The highest BCUT2D eigenvalue weighted by atomic mass is 16.5. The first kappa shape index (κ1) is 15.4. The van der Waals surface area contributed by atoms with Gasteiger partial charge in [-0.25, -0.2) is 0 Å². The summed E-state index contributed by atoms with van der Waals surface area (Å²) in [5.74, 6) is -0.608. The molecule has 0 saturated heterocycles. The van der Waals surface area contributed by atoms with Crippen molar-refractivity contribution >= 4 is 11.8 Å². The van der Waals surface area contributed by atoms with Gasteiger partial charge in [-0.2, -0.15) is 0 Å². The van der Waals surface area contributed by atoms with Crippen LogP contribution in [0.5, 0.6) is 0 Å². The molecule has 0 amide bonds. The Morgan fingerprint density at radius 1 is 1.26 bits per heavy atom. The maximum absolute atomic E-state index is 12.2. The van der Waals surface area contributed by atoms with E-state index in [1.807, 2.05) is 32.9 Å². The lowest BCUT2D eigenvalue weighted by Crippen LogP contribution is -2.31. The van der Waals surface area contributed by atoms with Crippen LogP contribution in [0, 0.1) is 6.92 Å². The van der Waals surface area contributed by atoms with E-state index in [0.29, 0.717) is 0 Å². The minimum absolute atomic E-state index is 0.122. The fourth-order valence-electron chi connectivity index (χ4n) is 2.07. The Morgan fingerprint density at radius 2 is 1.89 bits per heavy atom. The average Bonchev–Trinajstić information content (AvgIpc) is 2.38. The summed E-state index contributed by atoms with van der Waals surface area (Å²) in [6, 6.07) is 6.06. The first-order valence-electron chi connectivity index (χ1n) is 6.53. The fraction of sp³-hybridized carbons (Fsp3) is 0.500. The molecule has 0 unspecified atom stereocenters. The fourth-order valence-corrected chi connectivity index (χ4v) is 2.07. The molecule has 0 aliphatic rings. The van der Waals surface area contributed by atoms with Crippen molar-refractivity contribution in [2.45, 2.75) is 46.0 Å². The summed E-state index contributed by atoms with van der Waals surface area (Å²) in [6.07, 6.45) is 0.792. The summed E-state index contributed by atoms with van der Waals surface area (Å²) in [5.41, 5.74) is 2.72. The Hall–Kier alpha value is -1.64. The normalized spacial score (nSPS) is 11.2. The van der Waals surface area contributed by atoms with Gasteiger partial charge in [0, 0.05) is 5.41 Å². The molecule has 0 aliphatic carbocycles. The summed E-state index contributed by atoms with van der Waals surface area (Å²) >= 11 is 0. The first-order valence-corrected chi connectivity index (χ1v) is 6.53. The van der Waals surface area contributed by atoms with E-state index in [2.05, 4.69) is 17.7 Å². The predicted octanol–water partition coefficient (Wildman–Crippen LogP) is 2.97. The van der Waals surface area contributed by atoms with Crippen LogP contribution in [-0.4, -0.2) is 18.9 Å². The number of esters is 1. The minimum Gasteiger partial charge on any atom is -0.469 e. The average molecular weight is 262 g/mol. The molecule has 0 fully saturated rings. The molecule has 0 aromatic heterocycles. The van der Waals surface area contributed by atoms with Crippen LogP contribution >= 0.6 is 0 Å². The van der Waals surface area contributed by atoms with Gasteiger partial charge in [0.2, 0.25) is 0 Å². The van der Waals surface area contributed by atoms with E-state index in [-0.39, 0.29) is 12.2 Å². The maximum Gasteiger partial charge on any atom is 0.313 e. The van der Waals surface area contributed by atoms with Crippen LogP contribution < -0.4 is 0 Å². The number of methoxy groups -OCH3 is 1. The molecular formula is C16H22O3. The lowest BCUT2D eigenvalue weighted by atomic mass is 9.78. The summed E-state index contributed by atoms with van der Waals surface area (Å²) in [6.45, 7) is 7.84. The summed E-state index contributed by atoms with van der Waals surface area (Å²) in [4.78, 5) is 23.4. The summed E-state index contributed by atoms with van der Waals surface area (Å²) in [7, 11) is 1.29. The second-order valence-corrected chi connectivity index (χ2v) is 5.30. The quantitative estimate of drug-likeness (QED) is 0.605. The molecule has 1 aromatic rings. The van der Waals surface area contributed by atoms with E-state index >= 15 is 0 Å². The van der Waals surface area contributed by atoms with Crippen molar-refractivity contribution in [1.29, 1.82) is 0 Å². The van der Waals surface area contributed by atoms with Crippen molar-refractivity contribution in [2.24, 2.45) is 0 Å². The van der Waals surface area contributed by atoms with E-state index in [1.54, 1.807) is 0 Å². The van der Waals surface area contributed by atoms with Crippen LogP contribution in [-0.2, 0) is 26.2 Å². The van der Waals surface area contributed by atoms with Crippen molar-refractivity contribution in [3.8, 4) is 0 Å². The lowest BCUT2D eigenvalue weighted by Gasteiger charge is -2.24. The molecule has 1 aromatic carbocycles. The van der Waals surface area contributed by atoms with Gasteiger partial charge in [-0.3, -0.25) is 9.59 Å². The molecule has 0 N–H and O–H groups in total. The molecule has 0 heterocycles. The molecule has 0 saturated carbocycles. The van der Waals surface area contributed by atoms with Gasteiger partial charge < -0.3 is 4.74 Å². The summed E-state index contributed by atoms with van der Waals surface area (Å²) < 4.78 is 4.55. The number of aryl methyl sites for hydroxylation is 2. The number of carbonyl (C=O) groups excluding carboxylic acids is 2. The van der Waals surface area contributed by atoms with Gasteiger partial charge in [0.15, 0.2) is 5.78 Å². The molecular weight excluding hydrogens is 240 g/mol. The molecule has 104 valence electrons. The zero-order chi connectivity index (χ0) is 14.6. The molecule has 0 bridgehead atoms. The van der Waals surface area contributed by atoms with Gasteiger partial charge in [-0.05, 0) is 43.9 Å². The van der Waals surface area contributed by atoms with E-state index in [1.165, 1.54) is 18.2 Å². The zero-order valence-electron chi connectivity index (χ0n) is 12.4. The minimum atomic E-state index is -0.675. The third-order valence-electron chi connectivity index (χ3n) is 3.67. The number of hydrogen-bond donors (Lipinski definition) is 0. The summed E-state index contributed by atoms with van der Waals surface area (Å²) in [5, 5.41) is 0. The van der Waals surface area contributed by atoms with Gasteiger partial charge in [0.05, 0.1) is 7.11 Å². The highest BCUT2D eigenvalue weighted by molar-refractivity contribution is 6.01. The number of ketones is 1. The number of Topliss-reactive ketones (excluding diaryl/α,β-unsaturated/α-hetero) is 1. The van der Waals surface area contributed by atoms with Crippen molar-refractivity contribution in [2.75, 3.05) is 7.11 Å². The molecule has 19 heavy (non-hydrogen) atoms. The number of carbonyl (C=O) groups is 2. The third kappa shape index (κ3) is 3.43. The van der Waals surface area contributed by atoms with Crippen molar-refractivity contribution in [1.82, 2.24) is 0 Å². The van der Waals surface area contributed by atoms with Gasteiger partial charge in [-0.15, -0.1) is 0 Å². The molecule has 0 radical (unpaired) electrons. The molecule has 0 aliphatic heterocycles. The third-order valence-corrected chi connectivity index (χ3v) is 3.67. The van der Waals surface area contributed by atoms with Crippen molar-refractivity contribution in [3.63, 3.8) is 0 Å². The zero-order valence-corrected chi connectivity index (χ0v) is 12.4. The van der Waals surface area contributed by atoms with Crippen LogP contribution in [0.3, 0.4) is 0 Å². The van der Waals surface area contributed by atoms with Gasteiger partial charge in [-0.1, -0.05) is 25.1 Å². The highest BCUT2D eigenvalue weighted by Gasteiger charge is 2.31. The Labute approximate surface area is 115 Å². The van der Waals surface area contributed by atoms with Crippen LogP contribution in [0.25, 0.3) is 0 Å². The Morgan fingerprint density at radius 3 is 2.37 bits per heavy atom. The molecule has 3 nitrogen and oxygen atoms in total. The molecule has 1 rings (SSSR count). The predicted molar refractivity (Wildman–Crippen MR) is 75.2 cm³/mol. The molecule has 3 heteroatoms. The Balaban J connectivity index is 3.02. The topological polar surface area (TPSA) is 43.4 Å². The monoisotopic (exact) mass is 262 g/mol. The second-order valence-electron chi connectivity index (χ2n) is 5.30. The Kier molecular flexibility index (Phi) is 4.87. The standard InChI is InChI=1S/C16H22O3/c1-6-12-7-8-13(9-11(12)2)16(3,4)14(17)10-15(18)19-5/h7-9H,6,10H2,1-5H3. The maximum atomic E-state index is 12.2. The van der Waals surface area contributed by atoms with Crippen molar-refractivity contribution in [3.05, 3.63) is 34.9 Å². The molecule has 0 atom stereocenters. The Bertz CT molecular complexity index is 487.